The number of benzene rings is 1. The summed E-state index contributed by atoms with van der Waals surface area (Å²) in [7, 11) is -3.47. The smallest absolute Gasteiger partial charge is 0.256 e. The normalized spacial score (nSPS) is 16.0. The van der Waals surface area contributed by atoms with Gasteiger partial charge in [-0.3, -0.25) is 9.89 Å². The van der Waals surface area contributed by atoms with Crippen LogP contribution in [0.4, 0.5) is 5.82 Å². The summed E-state index contributed by atoms with van der Waals surface area (Å²) in [6, 6.07) is 7.80. The first-order chi connectivity index (χ1) is 12.2. The fourth-order valence-corrected chi connectivity index (χ4v) is 4.33. The van der Waals surface area contributed by atoms with Crippen LogP contribution < -0.4 is 5.32 Å². The van der Waals surface area contributed by atoms with E-state index in [0.29, 0.717) is 24.5 Å². The molecule has 8 heteroatoms. The third-order valence-corrected chi connectivity index (χ3v) is 6.36. The van der Waals surface area contributed by atoms with E-state index < -0.39 is 10.0 Å². The first-order valence-corrected chi connectivity index (χ1v) is 10.1. The number of rotatable bonds is 4. The highest BCUT2D eigenvalue weighted by molar-refractivity contribution is 7.89. The number of nitrogens with zero attached hydrogens (tertiary/aromatic N) is 2. The van der Waals surface area contributed by atoms with E-state index in [1.165, 1.54) is 28.6 Å². The number of sulfonamides is 1. The van der Waals surface area contributed by atoms with Crippen LogP contribution >= 0.6 is 0 Å². The van der Waals surface area contributed by atoms with Crippen LogP contribution in [0.3, 0.4) is 0 Å². The second kappa shape index (κ2) is 6.85. The Morgan fingerprint density at radius 2 is 1.77 bits per heavy atom. The van der Waals surface area contributed by atoms with Crippen LogP contribution in [0.5, 0.6) is 0 Å². The SMILES string of the molecule is CC(C)(C)c1cc(NC(=O)c2ccc(S(=O)(=O)N3CCCC3)cc2)n[nH]1. The van der Waals surface area contributed by atoms with Crippen LogP contribution in [0, 0.1) is 0 Å². The molecule has 0 saturated carbocycles. The Labute approximate surface area is 153 Å². The first-order valence-electron chi connectivity index (χ1n) is 8.65. The van der Waals surface area contributed by atoms with E-state index in [2.05, 4.69) is 15.5 Å². The number of carbonyl (C=O) groups is 1. The summed E-state index contributed by atoms with van der Waals surface area (Å²) in [4.78, 5) is 12.6. The van der Waals surface area contributed by atoms with Gasteiger partial charge >= 0.3 is 0 Å². The molecule has 26 heavy (non-hydrogen) atoms. The Balaban J connectivity index is 1.72. The van der Waals surface area contributed by atoms with Gasteiger partial charge in [-0.25, -0.2) is 8.42 Å². The summed E-state index contributed by atoms with van der Waals surface area (Å²) < 4.78 is 26.5. The molecule has 0 atom stereocenters. The van der Waals surface area contributed by atoms with Gasteiger partial charge in [0.1, 0.15) is 0 Å². The molecule has 0 spiro atoms. The van der Waals surface area contributed by atoms with Crippen LogP contribution in [-0.2, 0) is 15.4 Å². The zero-order valence-electron chi connectivity index (χ0n) is 15.2. The summed E-state index contributed by atoms with van der Waals surface area (Å²) in [5.41, 5.74) is 1.20. The number of nitrogens with one attached hydrogen (secondary N) is 2. The zero-order chi connectivity index (χ0) is 18.9. The van der Waals surface area contributed by atoms with Crippen LogP contribution in [0.15, 0.2) is 35.2 Å². The molecule has 2 aromatic rings. The number of aromatic nitrogens is 2. The highest BCUT2D eigenvalue weighted by atomic mass is 32.2. The third kappa shape index (κ3) is 3.81. The van der Waals surface area contributed by atoms with Gasteiger partial charge in [-0.2, -0.15) is 9.40 Å². The third-order valence-electron chi connectivity index (χ3n) is 4.45. The standard InChI is InChI=1S/C18H24N4O3S/c1-18(2,3)15-12-16(21-20-15)19-17(23)13-6-8-14(9-7-13)26(24,25)22-10-4-5-11-22/h6-9,12H,4-5,10-11H2,1-3H3,(H2,19,20,21,23). The molecule has 1 aliphatic heterocycles. The lowest BCUT2D eigenvalue weighted by Crippen LogP contribution is -2.27. The van der Waals surface area contributed by atoms with Crippen molar-refractivity contribution in [3.63, 3.8) is 0 Å². The lowest BCUT2D eigenvalue weighted by molar-refractivity contribution is 0.102. The minimum atomic E-state index is -3.47. The number of hydrogen-bond acceptors (Lipinski definition) is 4. The highest BCUT2D eigenvalue weighted by Gasteiger charge is 2.27. The molecule has 1 amide bonds. The largest absolute Gasteiger partial charge is 0.305 e. The quantitative estimate of drug-likeness (QED) is 0.858. The summed E-state index contributed by atoms with van der Waals surface area (Å²) in [5.74, 6) is 0.107. The van der Waals surface area contributed by atoms with E-state index in [4.69, 9.17) is 0 Å². The van der Waals surface area contributed by atoms with Crippen molar-refractivity contribution in [3.05, 3.63) is 41.6 Å². The summed E-state index contributed by atoms with van der Waals surface area (Å²) in [5, 5.41) is 9.73. The molecule has 1 aromatic heterocycles. The minimum Gasteiger partial charge on any atom is -0.305 e. The number of H-pyrrole nitrogens is 1. The van der Waals surface area contributed by atoms with E-state index >= 15 is 0 Å². The highest BCUT2D eigenvalue weighted by Crippen LogP contribution is 2.23. The van der Waals surface area contributed by atoms with E-state index in [-0.39, 0.29) is 16.2 Å². The molecule has 7 nitrogen and oxygen atoms in total. The maximum absolute atomic E-state index is 12.5. The molecule has 1 aromatic carbocycles. The number of carbonyl (C=O) groups excluding carboxylic acids is 1. The molecule has 0 bridgehead atoms. The fraction of sp³-hybridized carbons (Fsp3) is 0.444. The van der Waals surface area contributed by atoms with Crippen molar-refractivity contribution >= 4 is 21.7 Å². The van der Waals surface area contributed by atoms with E-state index in [1.807, 2.05) is 20.8 Å². The summed E-state index contributed by atoms with van der Waals surface area (Å²) >= 11 is 0. The molecule has 0 radical (unpaired) electrons. The van der Waals surface area contributed by atoms with Crippen molar-refractivity contribution in [1.82, 2.24) is 14.5 Å². The number of hydrogen-bond donors (Lipinski definition) is 2. The Hall–Kier alpha value is -2.19. The van der Waals surface area contributed by atoms with Gasteiger partial charge in [-0.05, 0) is 37.1 Å². The van der Waals surface area contributed by atoms with Gasteiger partial charge in [0, 0.05) is 35.8 Å². The van der Waals surface area contributed by atoms with E-state index in [1.54, 1.807) is 6.07 Å². The lowest BCUT2D eigenvalue weighted by Gasteiger charge is -2.15. The molecule has 1 fully saturated rings. The molecule has 2 heterocycles. The second-order valence-electron chi connectivity index (χ2n) is 7.51. The van der Waals surface area contributed by atoms with Gasteiger partial charge in [0.25, 0.3) is 5.91 Å². The van der Waals surface area contributed by atoms with Crippen molar-refractivity contribution in [1.29, 1.82) is 0 Å². The monoisotopic (exact) mass is 376 g/mol. The predicted molar refractivity (Wildman–Crippen MR) is 99.7 cm³/mol. The second-order valence-corrected chi connectivity index (χ2v) is 9.44. The van der Waals surface area contributed by atoms with Gasteiger partial charge in [0.2, 0.25) is 10.0 Å². The zero-order valence-corrected chi connectivity index (χ0v) is 16.1. The minimum absolute atomic E-state index is 0.0957. The number of amides is 1. The number of anilines is 1. The van der Waals surface area contributed by atoms with Crippen molar-refractivity contribution in [3.8, 4) is 0 Å². The molecular formula is C18H24N4O3S. The van der Waals surface area contributed by atoms with Gasteiger partial charge < -0.3 is 5.32 Å². The van der Waals surface area contributed by atoms with Crippen molar-refractivity contribution in [2.75, 3.05) is 18.4 Å². The molecule has 140 valence electrons. The molecule has 0 aliphatic carbocycles. The van der Waals surface area contributed by atoms with Crippen LogP contribution in [-0.4, -0.2) is 41.9 Å². The van der Waals surface area contributed by atoms with Crippen LogP contribution in [0.25, 0.3) is 0 Å². The maximum Gasteiger partial charge on any atom is 0.256 e. The Morgan fingerprint density at radius 3 is 2.31 bits per heavy atom. The van der Waals surface area contributed by atoms with Crippen molar-refractivity contribution in [2.24, 2.45) is 0 Å². The average molecular weight is 376 g/mol. The Morgan fingerprint density at radius 1 is 1.15 bits per heavy atom. The van der Waals surface area contributed by atoms with E-state index in [0.717, 1.165) is 18.5 Å². The van der Waals surface area contributed by atoms with Gasteiger partial charge in [0.05, 0.1) is 4.90 Å². The maximum atomic E-state index is 12.5. The van der Waals surface area contributed by atoms with Gasteiger partial charge in [-0.1, -0.05) is 20.8 Å². The lowest BCUT2D eigenvalue weighted by atomic mass is 9.92. The van der Waals surface area contributed by atoms with E-state index in [9.17, 15) is 13.2 Å². The number of aromatic amines is 1. The van der Waals surface area contributed by atoms with Crippen LogP contribution in [0.1, 0.15) is 49.7 Å². The molecule has 0 unspecified atom stereocenters. The molecular weight excluding hydrogens is 352 g/mol. The topological polar surface area (TPSA) is 95.2 Å². The fourth-order valence-electron chi connectivity index (χ4n) is 2.81. The van der Waals surface area contributed by atoms with Crippen molar-refractivity contribution in [2.45, 2.75) is 43.9 Å². The molecule has 1 saturated heterocycles. The summed E-state index contributed by atoms with van der Waals surface area (Å²) in [6.45, 7) is 7.25. The Bertz CT molecular complexity index is 889. The average Bonchev–Trinajstić information content (AvgIpc) is 3.26. The molecule has 3 rings (SSSR count). The van der Waals surface area contributed by atoms with Gasteiger partial charge in [0.15, 0.2) is 5.82 Å². The summed E-state index contributed by atoms with van der Waals surface area (Å²) in [6.07, 6.45) is 1.78. The van der Waals surface area contributed by atoms with Gasteiger partial charge in [-0.15, -0.1) is 0 Å². The molecule has 2 N–H and O–H groups in total. The predicted octanol–water partition coefficient (Wildman–Crippen LogP) is 2.74. The molecule has 1 aliphatic rings. The van der Waals surface area contributed by atoms with Crippen LogP contribution in [0.2, 0.25) is 0 Å². The Kier molecular flexibility index (Phi) is 4.90. The van der Waals surface area contributed by atoms with Crippen molar-refractivity contribution < 1.29 is 13.2 Å². The first kappa shape index (κ1) is 18.6.